The minimum atomic E-state index is -3.73. The average Bonchev–Trinajstić information content (AvgIpc) is 3.35. The molecule has 3 heterocycles. The maximum absolute atomic E-state index is 11.8. The maximum atomic E-state index is 11.8. The Morgan fingerprint density at radius 2 is 1.87 bits per heavy atom. The highest BCUT2D eigenvalue weighted by atomic mass is 32.2. The van der Waals surface area contributed by atoms with Crippen molar-refractivity contribution >= 4 is 33.0 Å². The van der Waals surface area contributed by atoms with E-state index < -0.39 is 10.0 Å². The number of hydrogen-bond acceptors (Lipinski definition) is 5. The molecule has 150 valence electrons. The summed E-state index contributed by atoms with van der Waals surface area (Å²) in [6, 6.07) is 15.9. The van der Waals surface area contributed by atoms with E-state index in [1.807, 2.05) is 40.9 Å². The predicted molar refractivity (Wildman–Crippen MR) is 113 cm³/mol. The van der Waals surface area contributed by atoms with Gasteiger partial charge in [0.25, 0.3) is 5.91 Å². The Morgan fingerprint density at radius 3 is 2.63 bits per heavy atom. The Labute approximate surface area is 172 Å². The molecule has 0 spiro atoms. The number of imidazole rings is 1. The van der Waals surface area contributed by atoms with E-state index in [1.165, 1.54) is 12.1 Å². The third-order valence-electron chi connectivity index (χ3n) is 5.10. The lowest BCUT2D eigenvalue weighted by Crippen LogP contribution is -2.12. The Bertz CT molecular complexity index is 1410. The molecule has 1 amide bonds. The number of primary sulfonamides is 1. The molecule has 1 aliphatic rings. The summed E-state index contributed by atoms with van der Waals surface area (Å²) >= 11 is 0. The number of aromatic nitrogens is 2. The average molecular weight is 419 g/mol. The number of nitrogens with one attached hydrogen (secondary N) is 2. The summed E-state index contributed by atoms with van der Waals surface area (Å²) in [5, 5.41) is 11.2. The smallest absolute Gasteiger partial charge is 0.251 e. The number of nitrogens with two attached hydrogens (primary N) is 1. The van der Waals surface area contributed by atoms with Crippen molar-refractivity contribution in [3.63, 3.8) is 0 Å². The Hall–Kier alpha value is -3.69. The summed E-state index contributed by atoms with van der Waals surface area (Å²) in [7, 11) is -3.73. The third kappa shape index (κ3) is 3.10. The molecular weight excluding hydrogens is 402 g/mol. The number of pyridine rings is 1. The van der Waals surface area contributed by atoms with Crippen LogP contribution in [0.5, 0.6) is 0 Å². The van der Waals surface area contributed by atoms with Crippen LogP contribution in [0.2, 0.25) is 0 Å². The molecule has 4 N–H and O–H groups in total. The second-order valence-corrected chi connectivity index (χ2v) is 8.56. The molecule has 0 aliphatic carbocycles. The monoisotopic (exact) mass is 419 g/mol. The van der Waals surface area contributed by atoms with Crippen LogP contribution in [0, 0.1) is 0 Å². The zero-order valence-electron chi connectivity index (χ0n) is 15.7. The van der Waals surface area contributed by atoms with Gasteiger partial charge in [0, 0.05) is 30.2 Å². The largest absolute Gasteiger partial charge is 0.352 e. The molecule has 0 unspecified atom stereocenters. The molecule has 0 saturated heterocycles. The summed E-state index contributed by atoms with van der Waals surface area (Å²) in [5.41, 5.74) is 5.81. The second-order valence-electron chi connectivity index (χ2n) is 7.00. The molecule has 9 heteroatoms. The van der Waals surface area contributed by atoms with Crippen molar-refractivity contribution in [2.24, 2.45) is 5.14 Å². The van der Waals surface area contributed by atoms with Gasteiger partial charge in [0.2, 0.25) is 10.0 Å². The molecule has 8 nitrogen and oxygen atoms in total. The third-order valence-corrected chi connectivity index (χ3v) is 6.03. The van der Waals surface area contributed by atoms with Crippen LogP contribution in [0.1, 0.15) is 15.9 Å². The van der Waals surface area contributed by atoms with Crippen LogP contribution >= 0.6 is 0 Å². The quantitative estimate of drug-likeness (QED) is 0.470. The van der Waals surface area contributed by atoms with E-state index in [1.54, 1.807) is 18.3 Å². The van der Waals surface area contributed by atoms with Crippen molar-refractivity contribution in [2.45, 2.75) is 11.4 Å². The van der Waals surface area contributed by atoms with E-state index in [-0.39, 0.29) is 10.8 Å². The van der Waals surface area contributed by atoms with Crippen LogP contribution in [-0.2, 0) is 16.6 Å². The number of anilines is 2. The number of benzene rings is 2. The Kier molecular flexibility index (Phi) is 4.09. The number of amides is 1. The standard InChI is InChI=1S/C21H17N5O3S/c22-30(28,29)16-4-2-15(3-5-16)25-18-7-8-19(26-10-9-23-20(18)26)13-1-6-17-14(11-13)12-24-21(17)27/h1-11,25H,12H2,(H,24,27)(H2,22,28,29). The van der Waals surface area contributed by atoms with Gasteiger partial charge in [-0.2, -0.15) is 0 Å². The van der Waals surface area contributed by atoms with Crippen LogP contribution in [0.15, 0.2) is 71.9 Å². The molecule has 0 atom stereocenters. The van der Waals surface area contributed by atoms with Gasteiger partial charge in [0.15, 0.2) is 5.65 Å². The van der Waals surface area contributed by atoms with Crippen molar-refractivity contribution in [3.8, 4) is 11.3 Å². The van der Waals surface area contributed by atoms with E-state index in [9.17, 15) is 13.2 Å². The van der Waals surface area contributed by atoms with Gasteiger partial charge in [-0.1, -0.05) is 6.07 Å². The van der Waals surface area contributed by atoms with Gasteiger partial charge in [-0.25, -0.2) is 18.5 Å². The molecule has 0 saturated carbocycles. The lowest BCUT2D eigenvalue weighted by Gasteiger charge is -2.12. The van der Waals surface area contributed by atoms with Crippen molar-refractivity contribution in [1.82, 2.24) is 14.7 Å². The van der Waals surface area contributed by atoms with E-state index in [4.69, 9.17) is 5.14 Å². The van der Waals surface area contributed by atoms with Gasteiger partial charge in [0.05, 0.1) is 16.3 Å². The highest BCUT2D eigenvalue weighted by molar-refractivity contribution is 7.89. The zero-order chi connectivity index (χ0) is 20.9. The summed E-state index contributed by atoms with van der Waals surface area (Å²) in [5.74, 6) is -0.0441. The second kappa shape index (κ2) is 6.68. The maximum Gasteiger partial charge on any atom is 0.251 e. The van der Waals surface area contributed by atoms with Crippen LogP contribution in [0.3, 0.4) is 0 Å². The molecule has 0 fully saturated rings. The molecule has 0 radical (unpaired) electrons. The topological polar surface area (TPSA) is 119 Å². The van der Waals surface area contributed by atoms with Gasteiger partial charge >= 0.3 is 0 Å². The Balaban J connectivity index is 1.51. The summed E-state index contributed by atoms with van der Waals surface area (Å²) in [6.07, 6.45) is 3.59. The number of hydrogen-bond donors (Lipinski definition) is 3. The van der Waals surface area contributed by atoms with E-state index >= 15 is 0 Å². The molecule has 2 aromatic heterocycles. The molecule has 1 aliphatic heterocycles. The fourth-order valence-corrected chi connectivity index (χ4v) is 4.14. The molecule has 5 rings (SSSR count). The fourth-order valence-electron chi connectivity index (χ4n) is 3.62. The summed E-state index contributed by atoms with van der Waals surface area (Å²) in [4.78, 5) is 16.3. The number of carbonyl (C=O) groups excluding carboxylic acids is 1. The fraction of sp³-hybridized carbons (Fsp3) is 0.0476. The van der Waals surface area contributed by atoms with Crippen LogP contribution in [0.25, 0.3) is 16.9 Å². The van der Waals surface area contributed by atoms with Crippen molar-refractivity contribution in [1.29, 1.82) is 0 Å². The number of sulfonamides is 1. The van der Waals surface area contributed by atoms with Gasteiger partial charge < -0.3 is 10.6 Å². The zero-order valence-corrected chi connectivity index (χ0v) is 16.5. The normalized spacial score (nSPS) is 13.3. The molecular formula is C21H17N5O3S. The van der Waals surface area contributed by atoms with Crippen LogP contribution in [0.4, 0.5) is 11.4 Å². The van der Waals surface area contributed by atoms with Crippen LogP contribution in [-0.4, -0.2) is 23.7 Å². The van der Waals surface area contributed by atoms with Gasteiger partial charge in [-0.05, 0) is 59.7 Å². The minimum Gasteiger partial charge on any atom is -0.352 e. The highest BCUT2D eigenvalue weighted by Gasteiger charge is 2.19. The Morgan fingerprint density at radius 1 is 1.07 bits per heavy atom. The first-order valence-electron chi connectivity index (χ1n) is 9.18. The minimum absolute atomic E-state index is 0.0441. The molecule has 2 aromatic carbocycles. The molecule has 0 bridgehead atoms. The van der Waals surface area contributed by atoms with Crippen molar-refractivity contribution < 1.29 is 13.2 Å². The highest BCUT2D eigenvalue weighted by Crippen LogP contribution is 2.30. The van der Waals surface area contributed by atoms with E-state index in [2.05, 4.69) is 15.6 Å². The predicted octanol–water partition coefficient (Wildman–Crippen LogP) is 2.64. The van der Waals surface area contributed by atoms with Gasteiger partial charge in [0.1, 0.15) is 0 Å². The van der Waals surface area contributed by atoms with E-state index in [0.29, 0.717) is 17.8 Å². The number of rotatable bonds is 4. The summed E-state index contributed by atoms with van der Waals surface area (Å²) in [6.45, 7) is 0.531. The van der Waals surface area contributed by atoms with Crippen LogP contribution < -0.4 is 15.8 Å². The SMILES string of the molecule is NS(=O)(=O)c1ccc(Nc2ccc(-c3ccc4c(c3)CNC4=O)n3ccnc23)cc1. The van der Waals surface area contributed by atoms with Crippen molar-refractivity contribution in [2.75, 3.05) is 5.32 Å². The first-order valence-corrected chi connectivity index (χ1v) is 10.7. The number of nitrogens with zero attached hydrogens (tertiary/aromatic N) is 2. The lowest BCUT2D eigenvalue weighted by molar-refractivity contribution is 0.0965. The van der Waals surface area contributed by atoms with Crippen molar-refractivity contribution in [3.05, 3.63) is 78.1 Å². The lowest BCUT2D eigenvalue weighted by atomic mass is 10.0. The molecule has 4 aromatic rings. The van der Waals surface area contributed by atoms with E-state index in [0.717, 1.165) is 28.2 Å². The van der Waals surface area contributed by atoms with Gasteiger partial charge in [-0.15, -0.1) is 0 Å². The first-order chi connectivity index (χ1) is 14.4. The van der Waals surface area contributed by atoms with Gasteiger partial charge in [-0.3, -0.25) is 9.20 Å². The number of fused-ring (bicyclic) bond motifs is 2. The molecule has 30 heavy (non-hydrogen) atoms. The first kappa shape index (κ1) is 18.3. The summed E-state index contributed by atoms with van der Waals surface area (Å²) < 4.78 is 24.8. The number of carbonyl (C=O) groups is 1.